The smallest absolute Gasteiger partial charge is 0.316 e. The summed E-state index contributed by atoms with van der Waals surface area (Å²) in [5, 5.41) is 0.159. The molecule has 114 valence electrons. The zero-order valence-corrected chi connectivity index (χ0v) is 14.6. The van der Waals surface area contributed by atoms with Crippen molar-refractivity contribution in [2.75, 3.05) is 5.75 Å². The van der Waals surface area contributed by atoms with E-state index in [0.717, 1.165) is 6.42 Å². The molecule has 2 unspecified atom stereocenters. The number of nitrogens with two attached hydrogens (primary N) is 1. The molecule has 0 fully saturated rings. The van der Waals surface area contributed by atoms with Gasteiger partial charge >= 0.3 is 5.97 Å². The van der Waals surface area contributed by atoms with Gasteiger partial charge in [-0.25, -0.2) is 0 Å². The molecule has 1 rings (SSSR count). The summed E-state index contributed by atoms with van der Waals surface area (Å²) < 4.78 is 5.35. The van der Waals surface area contributed by atoms with Crippen LogP contribution >= 0.6 is 23.1 Å². The minimum atomic E-state index is -0.431. The van der Waals surface area contributed by atoms with Crippen molar-refractivity contribution >= 4 is 29.1 Å². The van der Waals surface area contributed by atoms with Crippen molar-refractivity contribution in [3.05, 3.63) is 21.9 Å². The molecule has 0 saturated carbocycles. The summed E-state index contributed by atoms with van der Waals surface area (Å²) in [5.74, 6) is 0.163. The monoisotopic (exact) mass is 315 g/mol. The van der Waals surface area contributed by atoms with Crippen LogP contribution in [0.1, 0.15) is 49.1 Å². The molecule has 1 aromatic heterocycles. The van der Waals surface area contributed by atoms with Gasteiger partial charge in [0.05, 0.1) is 11.0 Å². The molecule has 0 amide bonds. The lowest BCUT2D eigenvalue weighted by atomic mass is 10.1. The first-order chi connectivity index (χ1) is 9.23. The standard InChI is InChI=1S/C15H25NO2S2/c1-6-11(16)14(12-8-7-10(2)20-12)19-9-13(17)18-15(3,4)5/h7-8,11,14H,6,9,16H2,1-5H3. The highest BCUT2D eigenvalue weighted by atomic mass is 32.2. The second kappa shape index (κ2) is 7.48. The molecule has 0 aromatic carbocycles. The molecule has 0 spiro atoms. The van der Waals surface area contributed by atoms with E-state index in [0.29, 0.717) is 5.75 Å². The van der Waals surface area contributed by atoms with Crippen LogP contribution in [0, 0.1) is 6.92 Å². The highest BCUT2D eigenvalue weighted by Gasteiger charge is 2.23. The third kappa shape index (κ3) is 5.85. The van der Waals surface area contributed by atoms with Crippen LogP contribution in [0.5, 0.6) is 0 Å². The number of hydrogen-bond donors (Lipinski definition) is 1. The highest BCUT2D eigenvalue weighted by Crippen LogP contribution is 2.36. The molecule has 3 nitrogen and oxygen atoms in total. The molecule has 0 aliphatic heterocycles. The first kappa shape index (κ1) is 17.5. The van der Waals surface area contributed by atoms with Gasteiger partial charge < -0.3 is 10.5 Å². The van der Waals surface area contributed by atoms with Crippen LogP contribution < -0.4 is 5.73 Å². The third-order valence-corrected chi connectivity index (χ3v) is 5.30. The third-order valence-electron chi connectivity index (χ3n) is 2.70. The molecular weight excluding hydrogens is 290 g/mol. The van der Waals surface area contributed by atoms with Gasteiger partial charge in [-0.15, -0.1) is 23.1 Å². The molecular formula is C15H25NO2S2. The molecule has 2 atom stereocenters. The van der Waals surface area contributed by atoms with E-state index in [1.54, 1.807) is 23.1 Å². The summed E-state index contributed by atoms with van der Waals surface area (Å²) >= 11 is 3.33. The summed E-state index contributed by atoms with van der Waals surface area (Å²) in [5.41, 5.74) is 5.77. The zero-order valence-electron chi connectivity index (χ0n) is 12.9. The fourth-order valence-corrected chi connectivity index (χ4v) is 4.11. The van der Waals surface area contributed by atoms with Gasteiger partial charge in [-0.05, 0) is 46.2 Å². The van der Waals surface area contributed by atoms with Crippen molar-refractivity contribution < 1.29 is 9.53 Å². The topological polar surface area (TPSA) is 52.3 Å². The van der Waals surface area contributed by atoms with E-state index >= 15 is 0 Å². The Kier molecular flexibility index (Phi) is 6.55. The average molecular weight is 316 g/mol. The SMILES string of the molecule is CCC(N)C(SCC(=O)OC(C)(C)C)c1ccc(C)s1. The van der Waals surface area contributed by atoms with E-state index in [1.165, 1.54) is 9.75 Å². The summed E-state index contributed by atoms with van der Waals surface area (Å²) in [4.78, 5) is 14.3. The Labute approximate surface area is 130 Å². The van der Waals surface area contributed by atoms with Crippen molar-refractivity contribution in [3.63, 3.8) is 0 Å². The number of rotatable bonds is 6. The Morgan fingerprint density at radius 1 is 1.45 bits per heavy atom. The van der Waals surface area contributed by atoms with Gasteiger partial charge in [0.2, 0.25) is 0 Å². The van der Waals surface area contributed by atoms with Crippen molar-refractivity contribution in [1.29, 1.82) is 0 Å². The van der Waals surface area contributed by atoms with Crippen molar-refractivity contribution in [1.82, 2.24) is 0 Å². The lowest BCUT2D eigenvalue weighted by molar-refractivity contribution is -0.151. The van der Waals surface area contributed by atoms with Gasteiger partial charge in [-0.1, -0.05) is 6.92 Å². The molecule has 5 heteroatoms. The predicted molar refractivity (Wildman–Crippen MR) is 88.4 cm³/mol. The van der Waals surface area contributed by atoms with E-state index in [9.17, 15) is 4.79 Å². The zero-order chi connectivity index (χ0) is 15.3. The summed E-state index contributed by atoms with van der Waals surface area (Å²) in [7, 11) is 0. The van der Waals surface area contributed by atoms with Gasteiger partial charge in [0.1, 0.15) is 5.60 Å². The number of aryl methyl sites for hydroxylation is 1. The number of ether oxygens (including phenoxy) is 1. The first-order valence-corrected chi connectivity index (χ1v) is 8.75. The van der Waals surface area contributed by atoms with Crippen LogP contribution in [0.4, 0.5) is 0 Å². The maximum Gasteiger partial charge on any atom is 0.316 e. The minimum absolute atomic E-state index is 0.0560. The molecule has 2 N–H and O–H groups in total. The number of carbonyl (C=O) groups excluding carboxylic acids is 1. The maximum absolute atomic E-state index is 11.8. The molecule has 1 heterocycles. The van der Waals surface area contributed by atoms with Crippen molar-refractivity contribution in [2.45, 2.75) is 57.9 Å². The Hall–Kier alpha value is -0.520. The van der Waals surface area contributed by atoms with Gasteiger partial charge in [-0.2, -0.15) is 0 Å². The normalized spacial score (nSPS) is 14.9. The fourth-order valence-electron chi connectivity index (χ4n) is 1.77. The lowest BCUT2D eigenvalue weighted by Crippen LogP contribution is -2.28. The Balaban J connectivity index is 2.65. The minimum Gasteiger partial charge on any atom is -0.459 e. The molecule has 0 aliphatic rings. The molecule has 0 radical (unpaired) electrons. The number of hydrogen-bond acceptors (Lipinski definition) is 5. The molecule has 0 bridgehead atoms. The maximum atomic E-state index is 11.8. The Morgan fingerprint density at radius 3 is 2.55 bits per heavy atom. The highest BCUT2D eigenvalue weighted by molar-refractivity contribution is 8.00. The number of thiophene rings is 1. The second-order valence-corrected chi connectivity index (χ2v) is 8.29. The largest absolute Gasteiger partial charge is 0.459 e. The summed E-state index contributed by atoms with van der Waals surface area (Å²) in [6.07, 6.45) is 0.892. The van der Waals surface area contributed by atoms with E-state index in [1.807, 2.05) is 20.8 Å². The van der Waals surface area contributed by atoms with Crippen LogP contribution in [0.25, 0.3) is 0 Å². The lowest BCUT2D eigenvalue weighted by Gasteiger charge is -2.23. The first-order valence-electron chi connectivity index (χ1n) is 6.88. The molecule has 1 aromatic rings. The van der Waals surface area contributed by atoms with Crippen LogP contribution in [0.2, 0.25) is 0 Å². The van der Waals surface area contributed by atoms with Gasteiger partial charge in [0.25, 0.3) is 0 Å². The Bertz CT molecular complexity index is 437. The van der Waals surface area contributed by atoms with Crippen LogP contribution in [-0.4, -0.2) is 23.4 Å². The predicted octanol–water partition coefficient (Wildman–Crippen LogP) is 3.91. The van der Waals surface area contributed by atoms with Crippen LogP contribution in [0.3, 0.4) is 0 Å². The number of carbonyl (C=O) groups is 1. The quantitative estimate of drug-likeness (QED) is 0.809. The van der Waals surface area contributed by atoms with E-state index in [4.69, 9.17) is 10.5 Å². The van der Waals surface area contributed by atoms with E-state index in [2.05, 4.69) is 26.0 Å². The van der Waals surface area contributed by atoms with Gasteiger partial charge in [0, 0.05) is 15.8 Å². The number of thioether (sulfide) groups is 1. The second-order valence-electron chi connectivity index (χ2n) is 5.84. The van der Waals surface area contributed by atoms with Crippen LogP contribution in [-0.2, 0) is 9.53 Å². The van der Waals surface area contributed by atoms with E-state index < -0.39 is 5.60 Å². The fraction of sp³-hybridized carbons (Fsp3) is 0.667. The van der Waals surface area contributed by atoms with Gasteiger partial charge in [0.15, 0.2) is 0 Å². The van der Waals surface area contributed by atoms with Crippen molar-refractivity contribution in [3.8, 4) is 0 Å². The number of esters is 1. The van der Waals surface area contributed by atoms with E-state index in [-0.39, 0.29) is 17.3 Å². The van der Waals surface area contributed by atoms with Crippen molar-refractivity contribution in [2.24, 2.45) is 5.73 Å². The van der Waals surface area contributed by atoms with Crippen LogP contribution in [0.15, 0.2) is 12.1 Å². The summed E-state index contributed by atoms with van der Waals surface area (Å²) in [6, 6.07) is 4.27. The molecule has 0 saturated heterocycles. The van der Waals surface area contributed by atoms with Gasteiger partial charge in [-0.3, -0.25) is 4.79 Å². The summed E-state index contributed by atoms with van der Waals surface area (Å²) in [6.45, 7) is 9.81. The molecule has 0 aliphatic carbocycles. The Morgan fingerprint density at radius 2 is 2.10 bits per heavy atom. The average Bonchev–Trinajstić information content (AvgIpc) is 2.73. The molecule has 20 heavy (non-hydrogen) atoms.